The molecule has 2 nitrogen and oxygen atoms in total. The number of nitrogens with zero attached hydrogens (tertiary/aromatic N) is 2. The van der Waals surface area contributed by atoms with Gasteiger partial charge in [0.2, 0.25) is 0 Å². The van der Waals surface area contributed by atoms with Crippen molar-refractivity contribution in [2.24, 2.45) is 0 Å². The van der Waals surface area contributed by atoms with Gasteiger partial charge in [0.1, 0.15) is 0 Å². The highest BCUT2D eigenvalue weighted by Crippen LogP contribution is 2.28. The number of hydrogen-bond acceptors (Lipinski definition) is 2. The number of unbranched alkanes of at least 4 members (excludes halogenated alkanes) is 8. The van der Waals surface area contributed by atoms with Crippen LogP contribution in [0.15, 0.2) is 41.1 Å². The number of anilines is 1. The molecule has 24 heavy (non-hydrogen) atoms. The Hall–Kier alpha value is -0.230. The molecule has 136 valence electrons. The average molecular weight is 507 g/mol. The Morgan fingerprint density at radius 1 is 0.875 bits per heavy atom. The molecular formula is C20H32BrIN2. The van der Waals surface area contributed by atoms with Gasteiger partial charge in [0.15, 0.2) is 0 Å². The van der Waals surface area contributed by atoms with Crippen LogP contribution in [0.1, 0.15) is 64.7 Å². The molecule has 0 fully saturated rings. The fraction of sp³-hybridized carbons (Fsp3) is 0.600. The number of benzene rings is 1. The Balaban J connectivity index is 0.00000288. The van der Waals surface area contributed by atoms with Crippen LogP contribution in [0, 0.1) is 0 Å². The second-order valence-corrected chi connectivity index (χ2v) is 7.36. The number of hydrogen-bond donors (Lipinski definition) is 0. The topological polar surface area (TPSA) is 6.48 Å². The van der Waals surface area contributed by atoms with Gasteiger partial charge in [-0.15, -0.1) is 24.0 Å². The molecule has 0 saturated heterocycles. The molecule has 0 N–H and O–H groups in total. The lowest BCUT2D eigenvalue weighted by Crippen LogP contribution is -2.25. The summed E-state index contributed by atoms with van der Waals surface area (Å²) in [5.74, 6) is 0. The van der Waals surface area contributed by atoms with E-state index in [1.54, 1.807) is 0 Å². The molecule has 0 aromatic heterocycles. The van der Waals surface area contributed by atoms with Crippen LogP contribution in [0.2, 0.25) is 0 Å². The zero-order chi connectivity index (χ0) is 16.3. The molecule has 0 bridgehead atoms. The van der Waals surface area contributed by atoms with E-state index in [1.807, 2.05) is 0 Å². The molecule has 0 radical (unpaired) electrons. The minimum Gasteiger partial charge on any atom is -0.358 e. The first-order chi connectivity index (χ1) is 11.3. The standard InChI is InChI=1S/C20H31BrN2.HI/c1-2-3-4-5-6-7-8-9-12-15-22-16-17-23(18-22)20-14-11-10-13-19(20)21;/h10-11,13-14,16-17H,2-9,12,15,18H2,1H3;1H. The van der Waals surface area contributed by atoms with Gasteiger partial charge in [-0.3, -0.25) is 0 Å². The molecule has 0 atom stereocenters. The summed E-state index contributed by atoms with van der Waals surface area (Å²) in [6.45, 7) is 4.43. The summed E-state index contributed by atoms with van der Waals surface area (Å²) in [7, 11) is 0. The van der Waals surface area contributed by atoms with E-state index in [0.29, 0.717) is 0 Å². The third-order valence-electron chi connectivity index (χ3n) is 4.50. The molecule has 1 aromatic rings. The summed E-state index contributed by atoms with van der Waals surface area (Å²) in [6.07, 6.45) is 17.0. The van der Waals surface area contributed by atoms with E-state index in [1.165, 1.54) is 70.0 Å². The van der Waals surface area contributed by atoms with Crippen LogP contribution in [0.5, 0.6) is 0 Å². The fourth-order valence-electron chi connectivity index (χ4n) is 3.08. The van der Waals surface area contributed by atoms with E-state index in [9.17, 15) is 0 Å². The molecule has 0 saturated carbocycles. The molecule has 0 unspecified atom stereocenters. The van der Waals surface area contributed by atoms with E-state index in [2.05, 4.69) is 69.3 Å². The normalized spacial score (nSPS) is 13.4. The Morgan fingerprint density at radius 3 is 2.17 bits per heavy atom. The van der Waals surface area contributed by atoms with Crippen molar-refractivity contribution >= 4 is 45.6 Å². The second-order valence-electron chi connectivity index (χ2n) is 6.50. The summed E-state index contributed by atoms with van der Waals surface area (Å²) in [5.41, 5.74) is 1.25. The van der Waals surface area contributed by atoms with Gasteiger partial charge in [0, 0.05) is 23.4 Å². The molecule has 0 spiro atoms. The Kier molecular flexibility index (Phi) is 11.8. The first-order valence-electron chi connectivity index (χ1n) is 9.25. The molecule has 1 aliphatic heterocycles. The van der Waals surface area contributed by atoms with Crippen LogP contribution in [0.4, 0.5) is 5.69 Å². The molecule has 1 aliphatic rings. The maximum Gasteiger partial charge on any atom is 0.0942 e. The van der Waals surface area contributed by atoms with Crippen molar-refractivity contribution in [3.63, 3.8) is 0 Å². The number of rotatable bonds is 11. The summed E-state index contributed by atoms with van der Waals surface area (Å²) >= 11 is 3.64. The van der Waals surface area contributed by atoms with Gasteiger partial charge >= 0.3 is 0 Å². The van der Waals surface area contributed by atoms with Crippen LogP contribution in [-0.2, 0) is 0 Å². The zero-order valence-corrected chi connectivity index (χ0v) is 18.8. The van der Waals surface area contributed by atoms with Crippen LogP contribution in [-0.4, -0.2) is 18.1 Å². The van der Waals surface area contributed by atoms with Crippen LogP contribution >= 0.6 is 39.9 Å². The van der Waals surface area contributed by atoms with E-state index in [-0.39, 0.29) is 24.0 Å². The van der Waals surface area contributed by atoms with Gasteiger partial charge in [-0.05, 0) is 34.5 Å². The van der Waals surface area contributed by atoms with E-state index < -0.39 is 0 Å². The van der Waals surface area contributed by atoms with Gasteiger partial charge < -0.3 is 9.80 Å². The lowest BCUT2D eigenvalue weighted by Gasteiger charge is -2.22. The lowest BCUT2D eigenvalue weighted by molar-refractivity contribution is 0.388. The maximum atomic E-state index is 3.64. The highest BCUT2D eigenvalue weighted by atomic mass is 127. The number of halogens is 2. The highest BCUT2D eigenvalue weighted by molar-refractivity contribution is 14.0. The summed E-state index contributed by atoms with van der Waals surface area (Å²) in [6, 6.07) is 8.42. The van der Waals surface area contributed by atoms with Crippen molar-refractivity contribution in [1.29, 1.82) is 0 Å². The smallest absolute Gasteiger partial charge is 0.0942 e. The zero-order valence-electron chi connectivity index (χ0n) is 14.9. The van der Waals surface area contributed by atoms with Crippen molar-refractivity contribution in [3.8, 4) is 0 Å². The molecule has 1 heterocycles. The Morgan fingerprint density at radius 2 is 1.50 bits per heavy atom. The number of para-hydroxylation sites is 1. The largest absolute Gasteiger partial charge is 0.358 e. The van der Waals surface area contributed by atoms with Gasteiger partial charge in [0.25, 0.3) is 0 Å². The van der Waals surface area contributed by atoms with Gasteiger partial charge in [0.05, 0.1) is 12.4 Å². The summed E-state index contributed by atoms with van der Waals surface area (Å²) < 4.78 is 1.16. The monoisotopic (exact) mass is 506 g/mol. The van der Waals surface area contributed by atoms with Crippen molar-refractivity contribution in [2.75, 3.05) is 18.1 Å². The van der Waals surface area contributed by atoms with Crippen LogP contribution < -0.4 is 4.90 Å². The molecular weight excluding hydrogens is 475 g/mol. The summed E-state index contributed by atoms with van der Waals surface area (Å²) in [5, 5.41) is 0. The van der Waals surface area contributed by atoms with E-state index in [4.69, 9.17) is 0 Å². The first kappa shape index (κ1) is 21.8. The SMILES string of the molecule is CCCCCCCCCCCN1C=CN(c2ccccc2Br)C1.I. The highest BCUT2D eigenvalue weighted by Gasteiger charge is 2.14. The van der Waals surface area contributed by atoms with Gasteiger partial charge in [-0.2, -0.15) is 0 Å². The first-order valence-corrected chi connectivity index (χ1v) is 10.0. The third kappa shape index (κ3) is 7.77. The average Bonchev–Trinajstić information content (AvgIpc) is 3.02. The van der Waals surface area contributed by atoms with E-state index in [0.717, 1.165) is 11.1 Å². The molecule has 2 rings (SSSR count). The van der Waals surface area contributed by atoms with E-state index >= 15 is 0 Å². The molecule has 0 amide bonds. The minimum atomic E-state index is 0. The quantitative estimate of drug-likeness (QED) is 0.232. The van der Waals surface area contributed by atoms with Gasteiger partial charge in [-0.25, -0.2) is 0 Å². The predicted octanol–water partition coefficient (Wildman–Crippen LogP) is 7.15. The van der Waals surface area contributed by atoms with Crippen molar-refractivity contribution in [1.82, 2.24) is 4.90 Å². The van der Waals surface area contributed by atoms with Crippen LogP contribution in [0.3, 0.4) is 0 Å². The minimum absolute atomic E-state index is 0. The molecule has 4 heteroatoms. The third-order valence-corrected chi connectivity index (χ3v) is 5.17. The maximum absolute atomic E-state index is 3.64. The second kappa shape index (κ2) is 13.0. The van der Waals surface area contributed by atoms with Crippen molar-refractivity contribution in [2.45, 2.75) is 64.7 Å². The van der Waals surface area contributed by atoms with Crippen molar-refractivity contribution < 1.29 is 0 Å². The summed E-state index contributed by atoms with van der Waals surface area (Å²) in [4.78, 5) is 4.72. The fourth-order valence-corrected chi connectivity index (χ4v) is 3.59. The lowest BCUT2D eigenvalue weighted by atomic mass is 10.1. The predicted molar refractivity (Wildman–Crippen MR) is 120 cm³/mol. The van der Waals surface area contributed by atoms with Crippen molar-refractivity contribution in [3.05, 3.63) is 41.1 Å². The molecule has 1 aromatic carbocycles. The Bertz CT molecular complexity index is 478. The molecule has 0 aliphatic carbocycles. The van der Waals surface area contributed by atoms with Gasteiger partial charge in [-0.1, -0.05) is 70.4 Å². The van der Waals surface area contributed by atoms with Crippen LogP contribution in [0.25, 0.3) is 0 Å². The Labute approximate surface area is 173 Å².